The summed E-state index contributed by atoms with van der Waals surface area (Å²) in [6.45, 7) is 4.61. The van der Waals surface area contributed by atoms with Crippen molar-refractivity contribution in [2.24, 2.45) is 11.8 Å². The third kappa shape index (κ3) is 10.2. The SMILES string of the molecule is COc1ccc2c(O[C@@H]3C[C@H]4C(=O)N[C@]5(C(=O)O)CC5/C=C\CCCCC[C@H](NC(=O)N[C@H](CN5CCCCS5(=O)=O)C5CC5)C(=O)N4C3)cc(-c3csc(NC(C)C)n3)nc2c1. The number of sulfonamides is 1. The van der Waals surface area contributed by atoms with Crippen molar-refractivity contribution in [3.8, 4) is 22.9 Å². The molecule has 5 aliphatic rings. The molecule has 3 aromatic rings. The zero-order chi connectivity index (χ0) is 44.5. The first-order valence-electron chi connectivity index (χ1n) is 22.2. The van der Waals surface area contributed by atoms with Crippen molar-refractivity contribution in [1.82, 2.24) is 35.1 Å². The highest BCUT2D eigenvalue weighted by atomic mass is 32.2. The lowest BCUT2D eigenvalue weighted by Gasteiger charge is -2.32. The van der Waals surface area contributed by atoms with Gasteiger partial charge in [0, 0.05) is 60.4 Å². The molecule has 2 aromatic heterocycles. The Morgan fingerprint density at radius 1 is 1.06 bits per heavy atom. The average molecular weight is 907 g/mol. The second-order valence-electron chi connectivity index (χ2n) is 17.8. The van der Waals surface area contributed by atoms with Crippen LogP contribution >= 0.6 is 11.3 Å². The molecule has 2 aliphatic carbocycles. The van der Waals surface area contributed by atoms with Crippen LogP contribution in [0.5, 0.6) is 11.5 Å². The fraction of sp³-hybridized carbons (Fsp3) is 0.591. The molecule has 3 aliphatic heterocycles. The molecule has 8 rings (SSSR count). The molecular formula is C44H58N8O9S2. The summed E-state index contributed by atoms with van der Waals surface area (Å²) in [6, 6.07) is 4.26. The molecule has 0 bridgehead atoms. The van der Waals surface area contributed by atoms with Crippen LogP contribution in [0.3, 0.4) is 0 Å². The van der Waals surface area contributed by atoms with E-state index in [4.69, 9.17) is 19.4 Å². The molecule has 4 fully saturated rings. The first-order chi connectivity index (χ1) is 30.2. The number of thiazole rings is 1. The summed E-state index contributed by atoms with van der Waals surface area (Å²) in [5, 5.41) is 25.8. The van der Waals surface area contributed by atoms with E-state index < -0.39 is 63.6 Å². The number of rotatable bonds is 12. The van der Waals surface area contributed by atoms with Gasteiger partial charge in [-0.3, -0.25) is 9.59 Å². The minimum absolute atomic E-state index is 0.0217. The fourth-order valence-electron chi connectivity index (χ4n) is 9.01. The number of carbonyl (C=O) groups excluding carboxylic acids is 3. The predicted molar refractivity (Wildman–Crippen MR) is 238 cm³/mol. The Labute approximate surface area is 371 Å². The standard InChI is InChI=1S/C44H58N8O9S2/c1-26(2)45-43-49-36(25-62-43)34-21-38(31-16-15-29(60-3)19-33(31)46-34)61-30-20-37-39(53)50-44(41(55)56)22-28(44)11-7-5-4-6-8-12-32(40(54)52(37)23-30)47-42(57)48-35(27-13-14-27)24-51-17-9-10-18-63(51,58)59/h7,11,15-16,19,21,25-28,30,32,35,37H,4-6,8-10,12-14,17-18,20,22-24H2,1-3H3,(H,45,49)(H,50,53)(H,55,56)(H2,47,48,57)/b11-7-/t28?,30-,32+,35-,37+,44-/m1/s1. The highest BCUT2D eigenvalue weighted by molar-refractivity contribution is 7.89. The van der Waals surface area contributed by atoms with Crippen LogP contribution in [0.4, 0.5) is 9.93 Å². The van der Waals surface area contributed by atoms with E-state index in [1.165, 1.54) is 20.5 Å². The minimum atomic E-state index is -3.42. The Morgan fingerprint density at radius 3 is 2.63 bits per heavy atom. The lowest BCUT2D eigenvalue weighted by Crippen LogP contribution is -2.58. The Kier molecular flexibility index (Phi) is 13.2. The maximum atomic E-state index is 14.9. The molecule has 17 nitrogen and oxygen atoms in total. The van der Waals surface area contributed by atoms with E-state index in [1.54, 1.807) is 25.3 Å². The van der Waals surface area contributed by atoms with Crippen molar-refractivity contribution >= 4 is 61.2 Å². The van der Waals surface area contributed by atoms with E-state index in [9.17, 15) is 32.7 Å². The van der Waals surface area contributed by atoms with Crippen molar-refractivity contribution < 1.29 is 42.2 Å². The van der Waals surface area contributed by atoms with E-state index in [0.717, 1.165) is 37.2 Å². The molecule has 6 atom stereocenters. The number of anilines is 1. The van der Waals surface area contributed by atoms with E-state index >= 15 is 0 Å². The summed E-state index contributed by atoms with van der Waals surface area (Å²) in [5.41, 5.74) is 0.273. The van der Waals surface area contributed by atoms with Crippen LogP contribution in [0.25, 0.3) is 22.3 Å². The lowest BCUT2D eigenvalue weighted by atomic mass is 10.0. The number of pyridine rings is 1. The molecule has 0 spiro atoms. The number of hydrogen-bond acceptors (Lipinski definition) is 12. The number of ether oxygens (including phenoxy) is 2. The third-order valence-electron chi connectivity index (χ3n) is 12.7. The molecule has 19 heteroatoms. The number of aliphatic carboxylic acids is 1. The fourth-order valence-corrected chi connectivity index (χ4v) is 11.5. The highest BCUT2D eigenvalue weighted by Crippen LogP contribution is 2.46. The van der Waals surface area contributed by atoms with Crippen molar-refractivity contribution in [2.45, 2.75) is 120 Å². The normalized spacial score (nSPS) is 27.5. The van der Waals surface area contributed by atoms with Crippen LogP contribution in [-0.2, 0) is 24.4 Å². The summed E-state index contributed by atoms with van der Waals surface area (Å²) < 4.78 is 39.5. The number of benzene rings is 1. The second kappa shape index (κ2) is 18.6. The van der Waals surface area contributed by atoms with Gasteiger partial charge in [-0.1, -0.05) is 25.0 Å². The monoisotopic (exact) mass is 906 g/mol. The summed E-state index contributed by atoms with van der Waals surface area (Å²) in [4.78, 5) is 66.9. The number of urea groups is 1. The van der Waals surface area contributed by atoms with Gasteiger partial charge in [0.1, 0.15) is 40.9 Å². The van der Waals surface area contributed by atoms with Crippen LogP contribution in [0, 0.1) is 11.8 Å². The highest BCUT2D eigenvalue weighted by Gasteiger charge is 2.61. The number of carboxylic acids is 1. The van der Waals surface area contributed by atoms with Gasteiger partial charge < -0.3 is 40.7 Å². The zero-order valence-electron chi connectivity index (χ0n) is 36.0. The van der Waals surface area contributed by atoms with Crippen molar-refractivity contribution in [3.05, 3.63) is 41.8 Å². The smallest absolute Gasteiger partial charge is 0.330 e. The zero-order valence-corrected chi connectivity index (χ0v) is 37.6. The van der Waals surface area contributed by atoms with Crippen molar-refractivity contribution in [2.75, 3.05) is 37.8 Å². The molecule has 340 valence electrons. The van der Waals surface area contributed by atoms with Gasteiger partial charge in [0.15, 0.2) is 5.13 Å². The number of methoxy groups -OCH3 is 1. The quantitative estimate of drug-likeness (QED) is 0.154. The number of carbonyl (C=O) groups is 4. The van der Waals surface area contributed by atoms with Crippen LogP contribution in [0.2, 0.25) is 0 Å². The summed E-state index contributed by atoms with van der Waals surface area (Å²) >= 11 is 1.45. The number of nitrogens with one attached hydrogen (secondary N) is 4. The van der Waals surface area contributed by atoms with Crippen molar-refractivity contribution in [1.29, 1.82) is 0 Å². The van der Waals surface area contributed by atoms with Crippen LogP contribution in [-0.4, -0.2) is 125 Å². The molecule has 5 N–H and O–H groups in total. The van der Waals surface area contributed by atoms with Gasteiger partial charge in [-0.15, -0.1) is 11.3 Å². The molecule has 4 amide bonds. The number of hydrogen-bond donors (Lipinski definition) is 5. The van der Waals surface area contributed by atoms with E-state index in [-0.39, 0.29) is 49.6 Å². The first kappa shape index (κ1) is 44.6. The molecule has 0 radical (unpaired) electrons. The van der Waals surface area contributed by atoms with Gasteiger partial charge in [0.05, 0.1) is 30.6 Å². The topological polar surface area (TPSA) is 221 Å². The number of carboxylic acid groups (broad SMARTS) is 1. The predicted octanol–water partition coefficient (Wildman–Crippen LogP) is 4.89. The molecular weight excluding hydrogens is 849 g/mol. The number of fused-ring (bicyclic) bond motifs is 3. The van der Waals surface area contributed by atoms with Gasteiger partial charge in [-0.25, -0.2) is 28.0 Å². The van der Waals surface area contributed by atoms with E-state index in [0.29, 0.717) is 66.0 Å². The summed E-state index contributed by atoms with van der Waals surface area (Å²) in [5.74, 6) is -1.37. The third-order valence-corrected chi connectivity index (χ3v) is 15.4. The van der Waals surface area contributed by atoms with Gasteiger partial charge in [0.25, 0.3) is 0 Å². The average Bonchev–Trinajstić information content (AvgIpc) is 4.12. The number of aromatic nitrogens is 2. The second-order valence-corrected chi connectivity index (χ2v) is 20.8. The molecule has 63 heavy (non-hydrogen) atoms. The number of amides is 4. The van der Waals surface area contributed by atoms with E-state index in [2.05, 4.69) is 21.3 Å². The van der Waals surface area contributed by atoms with Crippen molar-refractivity contribution in [3.63, 3.8) is 0 Å². The van der Waals surface area contributed by atoms with E-state index in [1.807, 2.05) is 37.4 Å². The van der Waals surface area contributed by atoms with Gasteiger partial charge >= 0.3 is 12.0 Å². The Balaban J connectivity index is 1.08. The molecule has 2 saturated heterocycles. The Hall–Kier alpha value is -5.01. The van der Waals surface area contributed by atoms with Crippen LogP contribution in [0.1, 0.15) is 84.5 Å². The Bertz CT molecular complexity index is 2350. The molecule has 2 saturated carbocycles. The number of allylic oxidation sites excluding steroid dienone is 1. The summed E-state index contributed by atoms with van der Waals surface area (Å²) in [7, 11) is -1.85. The lowest BCUT2D eigenvalue weighted by molar-refractivity contribution is -0.145. The first-order valence-corrected chi connectivity index (χ1v) is 24.7. The molecule has 5 heterocycles. The molecule has 1 aromatic carbocycles. The van der Waals surface area contributed by atoms with Crippen LogP contribution in [0.15, 0.2) is 41.8 Å². The van der Waals surface area contributed by atoms with Gasteiger partial charge in [0.2, 0.25) is 21.8 Å². The minimum Gasteiger partial charge on any atom is -0.497 e. The number of nitrogens with zero attached hydrogens (tertiary/aromatic N) is 4. The maximum Gasteiger partial charge on any atom is 0.330 e. The Morgan fingerprint density at radius 2 is 1.89 bits per heavy atom. The van der Waals surface area contributed by atoms with Gasteiger partial charge in [-0.05, 0) is 83.3 Å². The largest absolute Gasteiger partial charge is 0.497 e. The molecule has 1 unspecified atom stereocenters. The van der Waals surface area contributed by atoms with Gasteiger partial charge in [-0.2, -0.15) is 4.31 Å². The summed E-state index contributed by atoms with van der Waals surface area (Å²) in [6.07, 6.45) is 9.65. The van der Waals surface area contributed by atoms with Crippen LogP contribution < -0.4 is 30.7 Å². The maximum absolute atomic E-state index is 14.9.